The molecule has 30 heavy (non-hydrogen) atoms. The third-order valence-corrected chi connectivity index (χ3v) is 4.98. The van der Waals surface area contributed by atoms with Gasteiger partial charge >= 0.3 is 5.97 Å². The second kappa shape index (κ2) is 8.28. The van der Waals surface area contributed by atoms with Crippen molar-refractivity contribution in [3.05, 3.63) is 58.7 Å². The highest BCUT2D eigenvalue weighted by Crippen LogP contribution is 2.44. The fourth-order valence-electron chi connectivity index (χ4n) is 3.46. The van der Waals surface area contributed by atoms with Crippen molar-refractivity contribution in [2.75, 3.05) is 21.3 Å². The first-order valence-corrected chi connectivity index (χ1v) is 8.97. The van der Waals surface area contributed by atoms with Crippen molar-refractivity contribution in [1.29, 1.82) is 0 Å². The molecule has 0 radical (unpaired) electrons. The van der Waals surface area contributed by atoms with Crippen molar-refractivity contribution >= 4 is 23.3 Å². The van der Waals surface area contributed by atoms with Crippen LogP contribution >= 0.6 is 0 Å². The molecule has 8 nitrogen and oxygen atoms in total. The first-order valence-electron chi connectivity index (χ1n) is 8.97. The van der Waals surface area contributed by atoms with Crippen LogP contribution in [0.15, 0.2) is 42.0 Å². The number of rotatable bonds is 6. The average molecular weight is 412 g/mol. The van der Waals surface area contributed by atoms with Crippen molar-refractivity contribution in [2.24, 2.45) is 0 Å². The number of allylic oxidation sites excluding steroid dienone is 1. The van der Waals surface area contributed by atoms with Crippen LogP contribution in [0.3, 0.4) is 0 Å². The molecule has 8 heteroatoms. The lowest BCUT2D eigenvalue weighted by atomic mass is 9.78. The molecular formula is C22H20O8. The number of benzene rings is 2. The summed E-state index contributed by atoms with van der Waals surface area (Å²) in [6.45, 7) is 0. The maximum Gasteiger partial charge on any atom is 0.306 e. The zero-order chi connectivity index (χ0) is 22.0. The second-order valence-corrected chi connectivity index (χ2v) is 6.57. The van der Waals surface area contributed by atoms with Crippen LogP contribution in [0.25, 0.3) is 5.76 Å². The van der Waals surface area contributed by atoms with E-state index in [1.165, 1.54) is 45.6 Å². The molecule has 0 fully saturated rings. The molecule has 0 aliphatic heterocycles. The predicted octanol–water partition coefficient (Wildman–Crippen LogP) is 2.79. The molecule has 2 N–H and O–H groups in total. The lowest BCUT2D eigenvalue weighted by Gasteiger charge is -2.25. The number of ether oxygens (including phenoxy) is 3. The molecule has 0 heterocycles. The Morgan fingerprint density at radius 2 is 1.50 bits per heavy atom. The van der Waals surface area contributed by atoms with Gasteiger partial charge in [-0.05, 0) is 17.7 Å². The van der Waals surface area contributed by atoms with Crippen molar-refractivity contribution in [2.45, 2.75) is 12.3 Å². The first kappa shape index (κ1) is 20.9. The molecule has 0 unspecified atom stereocenters. The Morgan fingerprint density at radius 3 is 2.03 bits per heavy atom. The molecule has 0 aromatic heterocycles. The molecule has 1 atom stereocenters. The molecule has 1 aliphatic carbocycles. The quantitative estimate of drug-likeness (QED) is 0.549. The maximum absolute atomic E-state index is 12.9. The monoisotopic (exact) mass is 412 g/mol. The van der Waals surface area contributed by atoms with Gasteiger partial charge < -0.3 is 24.4 Å². The van der Waals surface area contributed by atoms with E-state index in [4.69, 9.17) is 14.2 Å². The molecule has 156 valence electrons. The number of carbonyl (C=O) groups excluding carboxylic acids is 3. The van der Waals surface area contributed by atoms with Gasteiger partial charge in [-0.1, -0.05) is 24.3 Å². The van der Waals surface area contributed by atoms with Crippen molar-refractivity contribution in [1.82, 2.24) is 0 Å². The fraction of sp³-hybridized carbons (Fsp3) is 0.227. The van der Waals surface area contributed by atoms with E-state index >= 15 is 0 Å². The highest BCUT2D eigenvalue weighted by molar-refractivity contribution is 6.52. The Bertz CT molecular complexity index is 1040. The number of ketones is 2. The molecular weight excluding hydrogens is 392 g/mol. The zero-order valence-corrected chi connectivity index (χ0v) is 16.6. The number of fused-ring (bicyclic) bond motifs is 1. The summed E-state index contributed by atoms with van der Waals surface area (Å²) < 4.78 is 15.0. The SMILES string of the molecule is COC(=O)C[C@@H](C1=C(O)c2ccccc2C(=O)C1=O)c1cc(OC)c(O)c(OC)c1. The van der Waals surface area contributed by atoms with E-state index in [0.717, 1.165) is 0 Å². The number of aliphatic hydroxyl groups excluding tert-OH is 1. The number of carbonyl (C=O) groups is 3. The number of aromatic hydroxyl groups is 1. The predicted molar refractivity (Wildman–Crippen MR) is 106 cm³/mol. The highest BCUT2D eigenvalue weighted by Gasteiger charge is 2.39. The Morgan fingerprint density at radius 1 is 0.933 bits per heavy atom. The highest BCUT2D eigenvalue weighted by atomic mass is 16.5. The normalized spacial score (nSPS) is 14.2. The molecule has 0 spiro atoms. The largest absolute Gasteiger partial charge is 0.507 e. The second-order valence-electron chi connectivity index (χ2n) is 6.57. The van der Waals surface area contributed by atoms with Gasteiger partial charge in [0, 0.05) is 17.0 Å². The molecule has 0 saturated carbocycles. The molecule has 2 aromatic carbocycles. The number of methoxy groups -OCH3 is 3. The van der Waals surface area contributed by atoms with Gasteiger partial charge in [-0.15, -0.1) is 0 Å². The molecule has 2 aromatic rings. The minimum absolute atomic E-state index is 0.0364. The molecule has 0 bridgehead atoms. The van der Waals surface area contributed by atoms with Gasteiger partial charge in [-0.25, -0.2) is 0 Å². The number of esters is 1. The van der Waals surface area contributed by atoms with Crippen LogP contribution in [0.4, 0.5) is 0 Å². The third-order valence-electron chi connectivity index (χ3n) is 4.98. The summed E-state index contributed by atoms with van der Waals surface area (Å²) in [5.74, 6) is -4.01. The Kier molecular flexibility index (Phi) is 5.77. The molecule has 0 saturated heterocycles. The Hall–Kier alpha value is -3.81. The summed E-state index contributed by atoms with van der Waals surface area (Å²) in [6, 6.07) is 8.99. The van der Waals surface area contributed by atoms with E-state index in [0.29, 0.717) is 5.56 Å². The Balaban J connectivity index is 2.27. The fourth-order valence-corrected chi connectivity index (χ4v) is 3.46. The van der Waals surface area contributed by atoms with E-state index in [-0.39, 0.29) is 40.4 Å². The van der Waals surface area contributed by atoms with E-state index in [1.807, 2.05) is 0 Å². The smallest absolute Gasteiger partial charge is 0.306 e. The van der Waals surface area contributed by atoms with Gasteiger partial charge in [0.15, 0.2) is 11.5 Å². The van der Waals surface area contributed by atoms with E-state index in [9.17, 15) is 24.6 Å². The lowest BCUT2D eigenvalue weighted by Crippen LogP contribution is -2.28. The van der Waals surface area contributed by atoms with Crippen molar-refractivity contribution in [3.8, 4) is 17.2 Å². The van der Waals surface area contributed by atoms with Gasteiger partial charge in [0.2, 0.25) is 17.3 Å². The third kappa shape index (κ3) is 3.47. The molecule has 0 amide bonds. The van der Waals surface area contributed by atoms with Gasteiger partial charge in [-0.2, -0.15) is 0 Å². The molecule has 3 rings (SSSR count). The van der Waals surface area contributed by atoms with Crippen LogP contribution in [-0.4, -0.2) is 49.1 Å². The van der Waals surface area contributed by atoms with Crippen molar-refractivity contribution < 1.29 is 38.8 Å². The van der Waals surface area contributed by atoms with Gasteiger partial charge in [0.05, 0.1) is 33.3 Å². The first-order chi connectivity index (χ1) is 14.3. The summed E-state index contributed by atoms with van der Waals surface area (Å²) in [6.07, 6.45) is -0.339. The summed E-state index contributed by atoms with van der Waals surface area (Å²) >= 11 is 0. The number of hydrogen-bond donors (Lipinski definition) is 2. The standard InChI is InChI=1S/C22H20O8/c1-28-15-8-11(9-16(29-2)21(15)26)14(10-17(23)30-3)18-19(24)12-6-4-5-7-13(12)20(25)22(18)27/h4-9,14,24,26H,10H2,1-3H3/t14-/m1/s1. The Labute approximate surface area is 172 Å². The summed E-state index contributed by atoms with van der Waals surface area (Å²) in [5.41, 5.74) is 0.360. The van der Waals surface area contributed by atoms with Crippen LogP contribution in [-0.2, 0) is 14.3 Å². The van der Waals surface area contributed by atoms with Crippen LogP contribution in [0.5, 0.6) is 17.2 Å². The van der Waals surface area contributed by atoms with Crippen LogP contribution in [0.1, 0.15) is 33.8 Å². The summed E-state index contributed by atoms with van der Waals surface area (Å²) in [5, 5.41) is 21.1. The van der Waals surface area contributed by atoms with Gasteiger partial charge in [-0.3, -0.25) is 14.4 Å². The van der Waals surface area contributed by atoms with Gasteiger partial charge in [0.25, 0.3) is 0 Å². The number of aliphatic hydroxyl groups is 1. The van der Waals surface area contributed by atoms with E-state index < -0.39 is 29.2 Å². The summed E-state index contributed by atoms with van der Waals surface area (Å²) in [4.78, 5) is 37.7. The number of hydrogen-bond acceptors (Lipinski definition) is 8. The van der Waals surface area contributed by atoms with Gasteiger partial charge in [0.1, 0.15) is 5.76 Å². The van der Waals surface area contributed by atoms with Crippen LogP contribution < -0.4 is 9.47 Å². The summed E-state index contributed by atoms with van der Waals surface area (Å²) in [7, 11) is 3.85. The van der Waals surface area contributed by atoms with E-state index in [1.54, 1.807) is 12.1 Å². The minimum Gasteiger partial charge on any atom is -0.507 e. The maximum atomic E-state index is 12.9. The number of phenols is 1. The van der Waals surface area contributed by atoms with E-state index in [2.05, 4.69) is 0 Å². The average Bonchev–Trinajstić information content (AvgIpc) is 2.77. The number of phenolic OH excluding ortho intramolecular Hbond substituents is 1. The van der Waals surface area contributed by atoms with Crippen LogP contribution in [0.2, 0.25) is 0 Å². The molecule has 1 aliphatic rings. The topological polar surface area (TPSA) is 119 Å². The lowest BCUT2D eigenvalue weighted by molar-refractivity contribution is -0.140. The zero-order valence-electron chi connectivity index (χ0n) is 16.6. The number of Topliss-reactive ketones (excluding diaryl/α,β-unsaturated/α-hetero) is 2. The van der Waals surface area contributed by atoms with Crippen LogP contribution in [0, 0.1) is 0 Å². The van der Waals surface area contributed by atoms with Crippen molar-refractivity contribution in [3.63, 3.8) is 0 Å². The minimum atomic E-state index is -1.05.